The highest BCUT2D eigenvalue weighted by molar-refractivity contribution is 5.95. The van der Waals surface area contributed by atoms with Gasteiger partial charge in [0, 0.05) is 24.7 Å². The number of ether oxygens (including phenoxy) is 3. The Morgan fingerprint density at radius 2 is 1.68 bits per heavy atom. The summed E-state index contributed by atoms with van der Waals surface area (Å²) in [5.41, 5.74) is 2.84. The first-order valence-electron chi connectivity index (χ1n) is 10.4. The van der Waals surface area contributed by atoms with Gasteiger partial charge in [0.15, 0.2) is 18.1 Å². The Kier molecular flexibility index (Phi) is 7.39. The Hall–Kier alpha value is -3.22. The number of piperidine rings is 1. The van der Waals surface area contributed by atoms with Gasteiger partial charge in [-0.3, -0.25) is 9.59 Å². The minimum absolute atomic E-state index is 0.0188. The van der Waals surface area contributed by atoms with E-state index < -0.39 is 0 Å². The van der Waals surface area contributed by atoms with Crippen molar-refractivity contribution in [3.63, 3.8) is 0 Å². The number of hydrogen-bond donors (Lipinski definition) is 1. The van der Waals surface area contributed by atoms with Crippen molar-refractivity contribution >= 4 is 11.8 Å². The van der Waals surface area contributed by atoms with Crippen molar-refractivity contribution in [3.05, 3.63) is 53.1 Å². The lowest BCUT2D eigenvalue weighted by Crippen LogP contribution is -2.47. The predicted molar refractivity (Wildman–Crippen MR) is 118 cm³/mol. The highest BCUT2D eigenvalue weighted by Gasteiger charge is 2.24. The van der Waals surface area contributed by atoms with Crippen molar-refractivity contribution in [2.75, 3.05) is 33.9 Å². The largest absolute Gasteiger partial charge is 0.493 e. The van der Waals surface area contributed by atoms with Gasteiger partial charge in [0.1, 0.15) is 5.75 Å². The standard InChI is InChI=1S/C24H30N2O5/c1-16-5-7-20(13-17(16)2)31-15-23(27)26-11-9-19(10-12-26)25-24(28)18-6-8-21(29-3)22(14-18)30-4/h5-8,13-14,19H,9-12,15H2,1-4H3,(H,25,28). The topological polar surface area (TPSA) is 77.1 Å². The lowest BCUT2D eigenvalue weighted by molar-refractivity contribution is -0.134. The minimum Gasteiger partial charge on any atom is -0.493 e. The number of hydrogen-bond acceptors (Lipinski definition) is 5. The van der Waals surface area contributed by atoms with E-state index in [1.807, 2.05) is 32.0 Å². The van der Waals surface area contributed by atoms with Crippen LogP contribution in [-0.4, -0.2) is 56.7 Å². The molecule has 1 saturated heterocycles. The average molecular weight is 427 g/mol. The SMILES string of the molecule is COc1ccc(C(=O)NC2CCN(C(=O)COc3ccc(C)c(C)c3)CC2)cc1OC. The van der Waals surface area contributed by atoms with Gasteiger partial charge in [-0.2, -0.15) is 0 Å². The fourth-order valence-electron chi connectivity index (χ4n) is 3.56. The molecule has 0 saturated carbocycles. The molecule has 0 radical (unpaired) electrons. The van der Waals surface area contributed by atoms with Crippen molar-refractivity contribution < 1.29 is 23.8 Å². The molecule has 1 heterocycles. The van der Waals surface area contributed by atoms with Crippen molar-refractivity contribution in [2.24, 2.45) is 0 Å². The smallest absolute Gasteiger partial charge is 0.260 e. The van der Waals surface area contributed by atoms with Crippen LogP contribution in [-0.2, 0) is 4.79 Å². The van der Waals surface area contributed by atoms with Gasteiger partial charge in [-0.25, -0.2) is 0 Å². The van der Waals surface area contributed by atoms with E-state index in [4.69, 9.17) is 14.2 Å². The molecule has 7 nitrogen and oxygen atoms in total. The van der Waals surface area contributed by atoms with Gasteiger partial charge < -0.3 is 24.4 Å². The zero-order chi connectivity index (χ0) is 22.4. The van der Waals surface area contributed by atoms with Crippen molar-refractivity contribution in [1.82, 2.24) is 10.2 Å². The van der Waals surface area contributed by atoms with Crippen LogP contribution in [0.2, 0.25) is 0 Å². The summed E-state index contributed by atoms with van der Waals surface area (Å²) in [6.07, 6.45) is 1.41. The van der Waals surface area contributed by atoms with Crippen LogP contribution < -0.4 is 19.5 Å². The highest BCUT2D eigenvalue weighted by atomic mass is 16.5. The number of carbonyl (C=O) groups is 2. The second kappa shape index (κ2) is 10.2. The van der Waals surface area contributed by atoms with E-state index in [-0.39, 0.29) is 24.5 Å². The second-order valence-electron chi connectivity index (χ2n) is 7.73. The molecule has 166 valence electrons. The molecule has 1 aliphatic rings. The summed E-state index contributed by atoms with van der Waals surface area (Å²) < 4.78 is 16.1. The van der Waals surface area contributed by atoms with Gasteiger partial charge in [0.2, 0.25) is 0 Å². The van der Waals surface area contributed by atoms with Gasteiger partial charge in [-0.05, 0) is 68.1 Å². The molecule has 2 amide bonds. The Morgan fingerprint density at radius 1 is 0.968 bits per heavy atom. The van der Waals surface area contributed by atoms with E-state index in [0.717, 1.165) is 5.56 Å². The molecule has 0 aliphatic carbocycles. The van der Waals surface area contributed by atoms with Crippen LogP contribution in [0.3, 0.4) is 0 Å². The maximum atomic E-state index is 12.6. The molecule has 31 heavy (non-hydrogen) atoms. The Bertz CT molecular complexity index is 936. The van der Waals surface area contributed by atoms with E-state index in [9.17, 15) is 9.59 Å². The summed E-state index contributed by atoms with van der Waals surface area (Å²) in [7, 11) is 3.09. The Balaban J connectivity index is 1.47. The summed E-state index contributed by atoms with van der Waals surface area (Å²) >= 11 is 0. The first-order chi connectivity index (χ1) is 14.9. The summed E-state index contributed by atoms with van der Waals surface area (Å²) in [6.45, 7) is 5.26. The third kappa shape index (κ3) is 5.69. The second-order valence-corrected chi connectivity index (χ2v) is 7.73. The van der Waals surface area contributed by atoms with Crippen LogP contribution in [0.5, 0.6) is 17.2 Å². The molecule has 3 rings (SSSR count). The molecule has 0 aromatic heterocycles. The van der Waals surface area contributed by atoms with Crippen LogP contribution in [0, 0.1) is 13.8 Å². The summed E-state index contributed by atoms with van der Waals surface area (Å²) in [5, 5.41) is 3.05. The van der Waals surface area contributed by atoms with Crippen LogP contribution >= 0.6 is 0 Å². The number of rotatable bonds is 7. The van der Waals surface area contributed by atoms with Gasteiger partial charge in [0.25, 0.3) is 11.8 Å². The molecule has 1 N–H and O–H groups in total. The van der Waals surface area contributed by atoms with E-state index in [0.29, 0.717) is 48.7 Å². The molecular weight excluding hydrogens is 396 g/mol. The fraction of sp³-hybridized carbons (Fsp3) is 0.417. The van der Waals surface area contributed by atoms with E-state index in [1.54, 1.807) is 30.2 Å². The normalized spacial score (nSPS) is 14.1. The zero-order valence-corrected chi connectivity index (χ0v) is 18.6. The molecular formula is C24H30N2O5. The molecule has 0 atom stereocenters. The Morgan fingerprint density at radius 3 is 2.32 bits per heavy atom. The van der Waals surface area contributed by atoms with E-state index >= 15 is 0 Å². The van der Waals surface area contributed by atoms with Crippen molar-refractivity contribution in [1.29, 1.82) is 0 Å². The maximum Gasteiger partial charge on any atom is 0.260 e. The molecule has 0 spiro atoms. The zero-order valence-electron chi connectivity index (χ0n) is 18.6. The number of amides is 2. The number of methoxy groups -OCH3 is 2. The third-order valence-electron chi connectivity index (χ3n) is 5.67. The van der Waals surface area contributed by atoms with Crippen molar-refractivity contribution in [2.45, 2.75) is 32.7 Å². The molecule has 0 unspecified atom stereocenters. The van der Waals surface area contributed by atoms with E-state index in [2.05, 4.69) is 5.32 Å². The molecule has 0 bridgehead atoms. The van der Waals surface area contributed by atoms with Crippen LogP contribution in [0.1, 0.15) is 34.3 Å². The van der Waals surface area contributed by atoms with Gasteiger partial charge in [0.05, 0.1) is 14.2 Å². The molecule has 7 heteroatoms. The van der Waals surface area contributed by atoms with Crippen molar-refractivity contribution in [3.8, 4) is 17.2 Å². The minimum atomic E-state index is -0.163. The number of benzene rings is 2. The van der Waals surface area contributed by atoms with E-state index in [1.165, 1.54) is 12.7 Å². The lowest BCUT2D eigenvalue weighted by atomic mass is 10.0. The Labute approximate surface area is 183 Å². The predicted octanol–water partition coefficient (Wildman–Crippen LogP) is 3.12. The number of nitrogens with zero attached hydrogens (tertiary/aromatic N) is 1. The first kappa shape index (κ1) is 22.5. The molecule has 2 aromatic rings. The number of aryl methyl sites for hydroxylation is 2. The van der Waals surface area contributed by atoms with Crippen LogP contribution in [0.4, 0.5) is 0 Å². The van der Waals surface area contributed by atoms with Crippen LogP contribution in [0.15, 0.2) is 36.4 Å². The highest BCUT2D eigenvalue weighted by Crippen LogP contribution is 2.27. The molecule has 1 aliphatic heterocycles. The van der Waals surface area contributed by atoms with Gasteiger partial charge >= 0.3 is 0 Å². The van der Waals surface area contributed by atoms with Crippen LogP contribution in [0.25, 0.3) is 0 Å². The maximum absolute atomic E-state index is 12.6. The monoisotopic (exact) mass is 426 g/mol. The third-order valence-corrected chi connectivity index (χ3v) is 5.67. The average Bonchev–Trinajstić information content (AvgIpc) is 2.79. The first-order valence-corrected chi connectivity index (χ1v) is 10.4. The van der Waals surface area contributed by atoms with Gasteiger partial charge in [-0.1, -0.05) is 6.07 Å². The fourth-order valence-corrected chi connectivity index (χ4v) is 3.56. The number of carbonyl (C=O) groups excluding carboxylic acids is 2. The summed E-state index contributed by atoms with van der Waals surface area (Å²) in [6, 6.07) is 10.9. The molecule has 1 fully saturated rings. The quantitative estimate of drug-likeness (QED) is 0.736. The summed E-state index contributed by atoms with van der Waals surface area (Å²) in [5.74, 6) is 1.59. The number of nitrogens with one attached hydrogen (secondary N) is 1. The number of likely N-dealkylation sites (tertiary alicyclic amines) is 1. The molecule has 2 aromatic carbocycles. The van der Waals surface area contributed by atoms with Gasteiger partial charge in [-0.15, -0.1) is 0 Å². The summed E-state index contributed by atoms with van der Waals surface area (Å²) in [4.78, 5) is 26.9. The lowest BCUT2D eigenvalue weighted by Gasteiger charge is -2.32.